The summed E-state index contributed by atoms with van der Waals surface area (Å²) < 4.78 is 15.5. The molecule has 0 radical (unpaired) electrons. The maximum Gasteiger partial charge on any atom is 0.289 e. The lowest BCUT2D eigenvalue weighted by molar-refractivity contribution is 0.0451. The Morgan fingerprint density at radius 2 is 2.16 bits per heavy atom. The number of methoxy groups -OCH3 is 2. The molecule has 1 unspecified atom stereocenters. The molecule has 1 atom stereocenters. The number of carbonyl (C=O) groups excluding carboxylic acids is 1. The van der Waals surface area contributed by atoms with E-state index in [2.05, 4.69) is 0 Å². The Kier molecular flexibility index (Phi) is 6.55. The van der Waals surface area contributed by atoms with Crippen LogP contribution in [-0.4, -0.2) is 50.8 Å². The molecule has 0 aliphatic rings. The Hall–Kier alpha value is -1.37. The third-order valence-electron chi connectivity index (χ3n) is 2.81. The molecule has 0 saturated heterocycles. The highest BCUT2D eigenvalue weighted by Crippen LogP contribution is 2.12. The number of nitrogens with two attached hydrogens (primary N) is 1. The van der Waals surface area contributed by atoms with Crippen molar-refractivity contribution in [3.63, 3.8) is 0 Å². The molecule has 19 heavy (non-hydrogen) atoms. The highest BCUT2D eigenvalue weighted by molar-refractivity contribution is 5.91. The van der Waals surface area contributed by atoms with Gasteiger partial charge in [-0.05, 0) is 19.1 Å². The van der Waals surface area contributed by atoms with Crippen molar-refractivity contribution in [2.75, 3.05) is 34.0 Å². The van der Waals surface area contributed by atoms with E-state index in [9.17, 15) is 4.79 Å². The third-order valence-corrected chi connectivity index (χ3v) is 2.81. The molecule has 108 valence electrons. The summed E-state index contributed by atoms with van der Waals surface area (Å²) in [7, 11) is 3.21. The number of carbonyl (C=O) groups is 1. The molecule has 0 spiro atoms. The van der Waals surface area contributed by atoms with Crippen molar-refractivity contribution in [2.24, 2.45) is 5.73 Å². The summed E-state index contributed by atoms with van der Waals surface area (Å²) in [6, 6.07) is 3.30. The monoisotopic (exact) mass is 270 g/mol. The summed E-state index contributed by atoms with van der Waals surface area (Å²) in [4.78, 5) is 14.0. The van der Waals surface area contributed by atoms with Crippen LogP contribution in [0.4, 0.5) is 0 Å². The van der Waals surface area contributed by atoms with E-state index in [0.29, 0.717) is 31.3 Å². The number of hydrogen-bond acceptors (Lipinski definition) is 5. The Morgan fingerprint density at radius 1 is 1.42 bits per heavy atom. The minimum absolute atomic E-state index is 0.0564. The first kappa shape index (κ1) is 15.7. The van der Waals surface area contributed by atoms with Crippen LogP contribution in [0.3, 0.4) is 0 Å². The van der Waals surface area contributed by atoms with Gasteiger partial charge in [0.05, 0.1) is 25.8 Å². The number of rotatable bonds is 8. The van der Waals surface area contributed by atoms with Crippen molar-refractivity contribution in [2.45, 2.75) is 19.5 Å². The van der Waals surface area contributed by atoms with Crippen molar-refractivity contribution in [1.82, 2.24) is 4.90 Å². The van der Waals surface area contributed by atoms with Crippen molar-refractivity contribution in [3.8, 4) is 0 Å². The zero-order valence-corrected chi connectivity index (χ0v) is 11.7. The number of amides is 1. The molecule has 1 heterocycles. The highest BCUT2D eigenvalue weighted by Gasteiger charge is 2.23. The van der Waals surface area contributed by atoms with Gasteiger partial charge in [0.2, 0.25) is 0 Å². The van der Waals surface area contributed by atoms with Crippen molar-refractivity contribution in [1.29, 1.82) is 0 Å². The fourth-order valence-electron chi connectivity index (χ4n) is 1.79. The molecule has 0 bridgehead atoms. The number of hydrogen-bond donors (Lipinski definition) is 1. The summed E-state index contributed by atoms with van der Waals surface area (Å²) in [5.41, 5.74) is 5.47. The molecule has 1 rings (SSSR count). The van der Waals surface area contributed by atoms with Gasteiger partial charge in [0.1, 0.15) is 5.76 Å². The maximum absolute atomic E-state index is 12.4. The van der Waals surface area contributed by atoms with Crippen LogP contribution in [0.5, 0.6) is 0 Å². The van der Waals surface area contributed by atoms with E-state index in [0.717, 1.165) is 0 Å². The van der Waals surface area contributed by atoms with Gasteiger partial charge in [0.25, 0.3) is 5.91 Å². The van der Waals surface area contributed by atoms with Gasteiger partial charge in [0, 0.05) is 20.8 Å². The lowest BCUT2D eigenvalue weighted by atomic mass is 10.2. The Bertz CT molecular complexity index is 392. The zero-order valence-electron chi connectivity index (χ0n) is 11.7. The number of furan rings is 1. The van der Waals surface area contributed by atoms with Gasteiger partial charge in [-0.15, -0.1) is 0 Å². The summed E-state index contributed by atoms with van der Waals surface area (Å²) in [5, 5.41) is 0. The molecular formula is C13H22N2O4. The van der Waals surface area contributed by atoms with Gasteiger partial charge >= 0.3 is 0 Å². The fraction of sp³-hybridized carbons (Fsp3) is 0.615. The average Bonchev–Trinajstić information content (AvgIpc) is 2.88. The first-order chi connectivity index (χ1) is 9.13. The smallest absolute Gasteiger partial charge is 0.289 e. The maximum atomic E-state index is 12.4. The normalized spacial score (nSPS) is 12.4. The third kappa shape index (κ3) is 4.34. The molecule has 0 saturated carbocycles. The van der Waals surface area contributed by atoms with Gasteiger partial charge in [-0.2, -0.15) is 0 Å². The minimum atomic E-state index is -0.179. The molecule has 1 aromatic rings. The molecular weight excluding hydrogens is 248 g/mol. The molecule has 1 amide bonds. The summed E-state index contributed by atoms with van der Waals surface area (Å²) in [6.07, 6.45) is 0. The Morgan fingerprint density at radius 3 is 2.68 bits per heavy atom. The van der Waals surface area contributed by atoms with Crippen LogP contribution in [0.2, 0.25) is 0 Å². The van der Waals surface area contributed by atoms with Crippen LogP contribution in [0.25, 0.3) is 0 Å². The van der Waals surface area contributed by atoms with E-state index in [1.165, 1.54) is 0 Å². The second-order valence-corrected chi connectivity index (χ2v) is 4.27. The standard InChI is InChI=1S/C13H22N2O4/c1-10(9-18-3)15(6-7-17-2)13(16)12-5-4-11(8-14)19-12/h4-5,10H,6-9,14H2,1-3H3. The van der Waals surface area contributed by atoms with E-state index >= 15 is 0 Å². The molecule has 1 aromatic heterocycles. The SMILES string of the molecule is COCCN(C(=O)c1ccc(CN)o1)C(C)COC. The first-order valence-corrected chi connectivity index (χ1v) is 6.21. The van der Waals surface area contributed by atoms with E-state index in [1.54, 1.807) is 31.3 Å². The zero-order chi connectivity index (χ0) is 14.3. The van der Waals surface area contributed by atoms with Crippen molar-refractivity contribution < 1.29 is 18.7 Å². The molecule has 6 nitrogen and oxygen atoms in total. The predicted octanol–water partition coefficient (Wildman–Crippen LogP) is 0.862. The topological polar surface area (TPSA) is 77.9 Å². The van der Waals surface area contributed by atoms with Gasteiger partial charge in [-0.25, -0.2) is 0 Å². The molecule has 0 aliphatic carbocycles. The minimum Gasteiger partial charge on any atom is -0.455 e. The van der Waals surface area contributed by atoms with Crippen LogP contribution >= 0.6 is 0 Å². The van der Waals surface area contributed by atoms with Gasteiger partial charge in [-0.3, -0.25) is 4.79 Å². The summed E-state index contributed by atoms with van der Waals surface area (Å²) >= 11 is 0. The van der Waals surface area contributed by atoms with Crippen molar-refractivity contribution in [3.05, 3.63) is 23.7 Å². The van der Waals surface area contributed by atoms with E-state index in [1.807, 2.05) is 6.92 Å². The number of ether oxygens (including phenoxy) is 2. The van der Waals surface area contributed by atoms with Gasteiger partial charge in [-0.1, -0.05) is 0 Å². The predicted molar refractivity (Wildman–Crippen MR) is 70.8 cm³/mol. The van der Waals surface area contributed by atoms with E-state index < -0.39 is 0 Å². The largest absolute Gasteiger partial charge is 0.455 e. The Balaban J connectivity index is 2.80. The van der Waals surface area contributed by atoms with Gasteiger partial charge in [0.15, 0.2) is 5.76 Å². The van der Waals surface area contributed by atoms with E-state index in [-0.39, 0.29) is 18.5 Å². The van der Waals surface area contributed by atoms with Crippen molar-refractivity contribution >= 4 is 5.91 Å². The van der Waals surface area contributed by atoms with Crippen LogP contribution in [0.15, 0.2) is 16.5 Å². The highest BCUT2D eigenvalue weighted by atomic mass is 16.5. The second-order valence-electron chi connectivity index (χ2n) is 4.27. The average molecular weight is 270 g/mol. The van der Waals surface area contributed by atoms with Crippen LogP contribution < -0.4 is 5.73 Å². The second kappa shape index (κ2) is 7.93. The number of nitrogens with zero attached hydrogens (tertiary/aromatic N) is 1. The Labute approximate surface area is 113 Å². The lowest BCUT2D eigenvalue weighted by Gasteiger charge is -2.27. The van der Waals surface area contributed by atoms with Gasteiger partial charge < -0.3 is 24.5 Å². The van der Waals surface area contributed by atoms with E-state index in [4.69, 9.17) is 19.6 Å². The summed E-state index contributed by atoms with van der Waals surface area (Å²) in [6.45, 7) is 3.60. The fourth-order valence-corrected chi connectivity index (χ4v) is 1.79. The molecule has 0 aliphatic heterocycles. The molecule has 0 aromatic carbocycles. The quantitative estimate of drug-likeness (QED) is 0.758. The van der Waals surface area contributed by atoms with Crippen LogP contribution in [0.1, 0.15) is 23.2 Å². The van der Waals surface area contributed by atoms with Crippen LogP contribution in [0, 0.1) is 0 Å². The van der Waals surface area contributed by atoms with Crippen LogP contribution in [-0.2, 0) is 16.0 Å². The molecule has 0 fully saturated rings. The summed E-state index contributed by atoms with van der Waals surface area (Å²) in [5.74, 6) is 0.704. The first-order valence-electron chi connectivity index (χ1n) is 6.21. The molecule has 6 heteroatoms. The lowest BCUT2D eigenvalue weighted by Crippen LogP contribution is -2.42. The molecule has 2 N–H and O–H groups in total.